The van der Waals surface area contributed by atoms with E-state index in [-0.39, 0.29) is 17.9 Å². The minimum absolute atomic E-state index is 0.0811. The van der Waals surface area contributed by atoms with Crippen molar-refractivity contribution in [3.05, 3.63) is 0 Å². The molecule has 0 bridgehead atoms. The van der Waals surface area contributed by atoms with Crippen molar-refractivity contribution in [1.82, 2.24) is 15.1 Å². The van der Waals surface area contributed by atoms with Crippen LogP contribution in [0.5, 0.6) is 0 Å². The smallest absolute Gasteiger partial charge is 0.237 e. The van der Waals surface area contributed by atoms with Crippen LogP contribution in [-0.4, -0.2) is 59.9 Å². The van der Waals surface area contributed by atoms with Crippen molar-refractivity contribution in [2.75, 3.05) is 26.2 Å². The van der Waals surface area contributed by atoms with Gasteiger partial charge in [0.1, 0.15) is 0 Å². The molecule has 1 aliphatic carbocycles. The van der Waals surface area contributed by atoms with E-state index < -0.39 is 0 Å². The van der Waals surface area contributed by atoms with E-state index in [1.54, 1.807) is 0 Å². The maximum Gasteiger partial charge on any atom is 0.237 e. The predicted octanol–water partition coefficient (Wildman–Crippen LogP) is 2.40. The summed E-state index contributed by atoms with van der Waals surface area (Å²) >= 11 is 0. The van der Waals surface area contributed by atoms with Gasteiger partial charge in [-0.3, -0.25) is 14.5 Å². The highest BCUT2D eigenvalue weighted by atomic mass is 16.2. The van der Waals surface area contributed by atoms with Gasteiger partial charge in [0, 0.05) is 25.7 Å². The SMILES string of the molecule is CC1CCC(NC(=O)[C@H](C)N2CCC[C@@H](C(=O)N3CCCC3)C2)CC1. The molecule has 0 aromatic heterocycles. The number of piperidine rings is 1. The molecule has 3 fully saturated rings. The molecule has 1 N–H and O–H groups in total. The zero-order chi connectivity index (χ0) is 17.8. The Labute approximate surface area is 152 Å². The second-order valence-corrected chi connectivity index (χ2v) is 8.51. The molecule has 5 heteroatoms. The fourth-order valence-corrected chi connectivity index (χ4v) is 4.65. The lowest BCUT2D eigenvalue weighted by atomic mass is 9.87. The molecule has 0 spiro atoms. The quantitative estimate of drug-likeness (QED) is 0.848. The molecule has 2 aliphatic heterocycles. The van der Waals surface area contributed by atoms with Gasteiger partial charge in [0.25, 0.3) is 0 Å². The summed E-state index contributed by atoms with van der Waals surface area (Å²) in [5.41, 5.74) is 0. The number of hydrogen-bond donors (Lipinski definition) is 1. The van der Waals surface area contributed by atoms with E-state index in [1.165, 1.54) is 12.8 Å². The Balaban J connectivity index is 1.49. The van der Waals surface area contributed by atoms with Crippen LogP contribution in [0.1, 0.15) is 65.2 Å². The summed E-state index contributed by atoms with van der Waals surface area (Å²) in [4.78, 5) is 29.6. The summed E-state index contributed by atoms with van der Waals surface area (Å²) < 4.78 is 0. The second kappa shape index (κ2) is 8.52. The molecule has 142 valence electrons. The zero-order valence-electron chi connectivity index (χ0n) is 16.0. The van der Waals surface area contributed by atoms with Crippen molar-refractivity contribution < 1.29 is 9.59 Å². The first-order valence-corrected chi connectivity index (χ1v) is 10.4. The van der Waals surface area contributed by atoms with Crippen LogP contribution in [0.3, 0.4) is 0 Å². The van der Waals surface area contributed by atoms with Crippen LogP contribution in [-0.2, 0) is 9.59 Å². The minimum atomic E-state index is -0.131. The zero-order valence-corrected chi connectivity index (χ0v) is 16.0. The molecule has 5 nitrogen and oxygen atoms in total. The fourth-order valence-electron chi connectivity index (χ4n) is 4.65. The summed E-state index contributed by atoms with van der Waals surface area (Å²) in [6.07, 6.45) is 8.92. The number of rotatable bonds is 4. The van der Waals surface area contributed by atoms with E-state index >= 15 is 0 Å². The van der Waals surface area contributed by atoms with Crippen molar-refractivity contribution >= 4 is 11.8 Å². The molecule has 3 aliphatic rings. The number of carbonyl (C=O) groups is 2. The van der Waals surface area contributed by atoms with Crippen LogP contribution < -0.4 is 5.32 Å². The van der Waals surface area contributed by atoms with E-state index in [0.717, 1.165) is 70.6 Å². The Kier molecular flexibility index (Phi) is 6.37. The summed E-state index contributed by atoms with van der Waals surface area (Å²) in [5.74, 6) is 1.34. The maximum atomic E-state index is 12.7. The number of hydrogen-bond acceptors (Lipinski definition) is 3. The molecule has 25 heavy (non-hydrogen) atoms. The standard InChI is InChI=1S/C20H35N3O2/c1-15-7-9-18(10-8-15)21-19(24)16(2)23-13-5-6-17(14-23)20(25)22-11-3-4-12-22/h15-18H,3-14H2,1-2H3,(H,21,24)/t15?,16-,17+,18?/m0/s1. The van der Waals surface area contributed by atoms with Gasteiger partial charge in [-0.25, -0.2) is 0 Å². The molecule has 0 aromatic rings. The summed E-state index contributed by atoms with van der Waals surface area (Å²) in [7, 11) is 0. The molecule has 2 heterocycles. The van der Waals surface area contributed by atoms with Crippen LogP contribution >= 0.6 is 0 Å². The highest BCUT2D eigenvalue weighted by Crippen LogP contribution is 2.25. The van der Waals surface area contributed by atoms with E-state index in [9.17, 15) is 9.59 Å². The van der Waals surface area contributed by atoms with Crippen molar-refractivity contribution in [3.8, 4) is 0 Å². The normalized spacial score (nSPS) is 32.4. The van der Waals surface area contributed by atoms with Gasteiger partial charge in [0.15, 0.2) is 0 Å². The minimum Gasteiger partial charge on any atom is -0.352 e. The number of nitrogens with one attached hydrogen (secondary N) is 1. The molecule has 0 aromatic carbocycles. The first kappa shape index (κ1) is 18.7. The fraction of sp³-hybridized carbons (Fsp3) is 0.900. The number of amides is 2. The van der Waals surface area contributed by atoms with Gasteiger partial charge >= 0.3 is 0 Å². The molecule has 0 unspecified atom stereocenters. The highest BCUT2D eigenvalue weighted by molar-refractivity contribution is 5.82. The molecule has 0 radical (unpaired) electrons. The van der Waals surface area contributed by atoms with Crippen LogP contribution in [0, 0.1) is 11.8 Å². The van der Waals surface area contributed by atoms with E-state index in [4.69, 9.17) is 0 Å². The van der Waals surface area contributed by atoms with Gasteiger partial charge in [-0.2, -0.15) is 0 Å². The molecule has 2 saturated heterocycles. The van der Waals surface area contributed by atoms with Gasteiger partial charge in [-0.15, -0.1) is 0 Å². The largest absolute Gasteiger partial charge is 0.352 e. The van der Waals surface area contributed by atoms with Crippen LogP contribution in [0.15, 0.2) is 0 Å². The molecule has 1 saturated carbocycles. The van der Waals surface area contributed by atoms with Crippen molar-refractivity contribution in [2.45, 2.75) is 77.3 Å². The second-order valence-electron chi connectivity index (χ2n) is 8.51. The third-order valence-electron chi connectivity index (χ3n) is 6.51. The van der Waals surface area contributed by atoms with Crippen LogP contribution in [0.2, 0.25) is 0 Å². The number of carbonyl (C=O) groups excluding carboxylic acids is 2. The van der Waals surface area contributed by atoms with Gasteiger partial charge in [-0.1, -0.05) is 6.92 Å². The summed E-state index contributed by atoms with van der Waals surface area (Å²) in [6, 6.07) is 0.214. The third-order valence-corrected chi connectivity index (χ3v) is 6.51. The maximum absolute atomic E-state index is 12.7. The molecule has 3 rings (SSSR count). The Hall–Kier alpha value is -1.10. The number of likely N-dealkylation sites (tertiary alicyclic amines) is 2. The Morgan fingerprint density at radius 3 is 2.32 bits per heavy atom. The first-order chi connectivity index (χ1) is 12.0. The lowest BCUT2D eigenvalue weighted by molar-refractivity contribution is -0.138. The lowest BCUT2D eigenvalue weighted by Gasteiger charge is -2.37. The average Bonchev–Trinajstić information content (AvgIpc) is 3.17. The van der Waals surface area contributed by atoms with Crippen molar-refractivity contribution in [2.24, 2.45) is 11.8 Å². The monoisotopic (exact) mass is 349 g/mol. The Morgan fingerprint density at radius 2 is 1.64 bits per heavy atom. The van der Waals surface area contributed by atoms with E-state index in [1.807, 2.05) is 11.8 Å². The summed E-state index contributed by atoms with van der Waals surface area (Å²) in [6.45, 7) is 7.82. The van der Waals surface area contributed by atoms with Crippen molar-refractivity contribution in [1.29, 1.82) is 0 Å². The molecular formula is C20H35N3O2. The highest BCUT2D eigenvalue weighted by Gasteiger charge is 2.34. The topological polar surface area (TPSA) is 52.7 Å². The van der Waals surface area contributed by atoms with Gasteiger partial charge < -0.3 is 10.2 Å². The Bertz CT molecular complexity index is 468. The van der Waals surface area contributed by atoms with E-state index in [0.29, 0.717) is 11.9 Å². The van der Waals surface area contributed by atoms with Gasteiger partial charge in [0.2, 0.25) is 11.8 Å². The van der Waals surface area contributed by atoms with Crippen molar-refractivity contribution in [3.63, 3.8) is 0 Å². The number of nitrogens with zero attached hydrogens (tertiary/aromatic N) is 2. The molecule has 2 amide bonds. The lowest BCUT2D eigenvalue weighted by Crippen LogP contribution is -2.53. The Morgan fingerprint density at radius 1 is 0.960 bits per heavy atom. The van der Waals surface area contributed by atoms with Gasteiger partial charge in [-0.05, 0) is 70.8 Å². The average molecular weight is 350 g/mol. The molecular weight excluding hydrogens is 314 g/mol. The summed E-state index contributed by atoms with van der Waals surface area (Å²) in [5, 5.41) is 3.26. The predicted molar refractivity (Wildman–Crippen MR) is 99.1 cm³/mol. The first-order valence-electron chi connectivity index (χ1n) is 10.4. The van der Waals surface area contributed by atoms with Gasteiger partial charge in [0.05, 0.1) is 12.0 Å². The third kappa shape index (κ3) is 4.75. The van der Waals surface area contributed by atoms with Crippen LogP contribution in [0.25, 0.3) is 0 Å². The van der Waals surface area contributed by atoms with Crippen LogP contribution in [0.4, 0.5) is 0 Å². The van der Waals surface area contributed by atoms with E-state index in [2.05, 4.69) is 17.1 Å². The molecule has 2 atom stereocenters.